The summed E-state index contributed by atoms with van der Waals surface area (Å²) in [5.74, 6) is -0.303. The first-order chi connectivity index (χ1) is 11.6. The molecule has 0 radical (unpaired) electrons. The third-order valence-corrected chi connectivity index (χ3v) is 4.09. The average molecular weight is 327 g/mol. The number of amides is 2. The number of nitrogens with one attached hydrogen (secondary N) is 2. The van der Waals surface area contributed by atoms with E-state index < -0.39 is 0 Å². The summed E-state index contributed by atoms with van der Waals surface area (Å²) >= 11 is 0. The molecule has 2 aromatic rings. The zero-order chi connectivity index (χ0) is 16.9. The molecule has 1 aliphatic carbocycles. The first-order valence-corrected chi connectivity index (χ1v) is 8.16. The number of nitrogens with zero attached hydrogens (tertiary/aromatic N) is 3. The molecule has 1 saturated carbocycles. The molecule has 0 bridgehead atoms. The van der Waals surface area contributed by atoms with Gasteiger partial charge in [-0.3, -0.25) is 19.3 Å². The van der Waals surface area contributed by atoms with Gasteiger partial charge >= 0.3 is 0 Å². The highest BCUT2D eigenvalue weighted by Gasteiger charge is 2.17. The lowest BCUT2D eigenvalue weighted by molar-refractivity contribution is -0.122. The Morgan fingerprint density at radius 3 is 2.75 bits per heavy atom. The van der Waals surface area contributed by atoms with E-state index in [1.807, 2.05) is 6.92 Å². The Hall–Kier alpha value is -2.70. The van der Waals surface area contributed by atoms with Crippen molar-refractivity contribution < 1.29 is 9.59 Å². The molecule has 2 amide bonds. The molecule has 7 nitrogen and oxygen atoms in total. The number of hydrogen-bond acceptors (Lipinski definition) is 4. The zero-order valence-corrected chi connectivity index (χ0v) is 13.7. The van der Waals surface area contributed by atoms with Crippen LogP contribution in [0.4, 0.5) is 5.69 Å². The van der Waals surface area contributed by atoms with E-state index in [1.165, 1.54) is 29.9 Å². The van der Waals surface area contributed by atoms with E-state index in [0.29, 0.717) is 17.3 Å². The predicted octanol–water partition coefficient (Wildman–Crippen LogP) is 1.90. The van der Waals surface area contributed by atoms with Gasteiger partial charge in [-0.2, -0.15) is 5.10 Å². The van der Waals surface area contributed by atoms with E-state index in [0.717, 1.165) is 18.5 Å². The average Bonchev–Trinajstić information content (AvgIpc) is 3.20. The smallest absolute Gasteiger partial charge is 0.257 e. The van der Waals surface area contributed by atoms with Crippen LogP contribution in [0.1, 0.15) is 41.7 Å². The quantitative estimate of drug-likeness (QED) is 0.878. The van der Waals surface area contributed by atoms with Crippen LogP contribution in [0.15, 0.2) is 30.7 Å². The minimum absolute atomic E-state index is 0.0504. The molecule has 3 rings (SSSR count). The van der Waals surface area contributed by atoms with Crippen LogP contribution in [-0.2, 0) is 11.3 Å². The van der Waals surface area contributed by atoms with Crippen LogP contribution in [0.5, 0.6) is 0 Å². The van der Waals surface area contributed by atoms with Gasteiger partial charge in [0, 0.05) is 24.1 Å². The van der Waals surface area contributed by atoms with Gasteiger partial charge in [0.25, 0.3) is 5.91 Å². The van der Waals surface area contributed by atoms with E-state index in [2.05, 4.69) is 20.7 Å². The monoisotopic (exact) mass is 327 g/mol. The third kappa shape index (κ3) is 4.18. The van der Waals surface area contributed by atoms with Gasteiger partial charge in [-0.25, -0.2) is 0 Å². The van der Waals surface area contributed by atoms with E-state index >= 15 is 0 Å². The van der Waals surface area contributed by atoms with Crippen LogP contribution in [0.2, 0.25) is 0 Å². The normalized spacial score (nSPS) is 14.5. The van der Waals surface area contributed by atoms with Gasteiger partial charge in [-0.15, -0.1) is 0 Å². The summed E-state index contributed by atoms with van der Waals surface area (Å²) in [5, 5.41) is 9.88. The largest absolute Gasteiger partial charge is 0.352 e. The third-order valence-electron chi connectivity index (χ3n) is 4.09. The summed E-state index contributed by atoms with van der Waals surface area (Å²) < 4.78 is 1.52. The van der Waals surface area contributed by atoms with Gasteiger partial charge in [0.2, 0.25) is 5.91 Å². The number of anilines is 1. The fourth-order valence-electron chi connectivity index (χ4n) is 2.81. The number of carbonyl (C=O) groups is 2. The Kier molecular flexibility index (Phi) is 4.88. The molecule has 2 N–H and O–H groups in total. The number of aryl methyl sites for hydroxylation is 1. The molecule has 0 aliphatic heterocycles. The maximum Gasteiger partial charge on any atom is 0.257 e. The van der Waals surface area contributed by atoms with E-state index in [1.54, 1.807) is 18.3 Å². The van der Waals surface area contributed by atoms with Gasteiger partial charge in [-0.1, -0.05) is 12.8 Å². The lowest BCUT2D eigenvalue weighted by Crippen LogP contribution is -2.35. The number of pyridine rings is 1. The Bertz CT molecular complexity index is 717. The molecule has 0 spiro atoms. The van der Waals surface area contributed by atoms with Crippen LogP contribution < -0.4 is 10.6 Å². The van der Waals surface area contributed by atoms with Crippen LogP contribution in [0.3, 0.4) is 0 Å². The van der Waals surface area contributed by atoms with Crippen molar-refractivity contribution >= 4 is 17.5 Å². The lowest BCUT2D eigenvalue weighted by Gasteiger charge is -2.11. The number of rotatable bonds is 5. The van der Waals surface area contributed by atoms with Crippen molar-refractivity contribution in [3.05, 3.63) is 42.0 Å². The molecule has 0 saturated heterocycles. The maximum atomic E-state index is 12.1. The molecule has 2 aromatic heterocycles. The molecular formula is C17H21N5O2. The maximum absolute atomic E-state index is 12.1. The Labute approximate surface area is 140 Å². The van der Waals surface area contributed by atoms with Crippen LogP contribution in [-0.4, -0.2) is 32.6 Å². The predicted molar refractivity (Wildman–Crippen MR) is 89.6 cm³/mol. The number of carbonyl (C=O) groups excluding carboxylic acids is 2. The molecular weight excluding hydrogens is 306 g/mol. The second kappa shape index (κ2) is 7.25. The summed E-state index contributed by atoms with van der Waals surface area (Å²) in [5.41, 5.74) is 1.88. The molecule has 1 fully saturated rings. The topological polar surface area (TPSA) is 88.9 Å². The van der Waals surface area contributed by atoms with Gasteiger partial charge < -0.3 is 10.6 Å². The Balaban J connectivity index is 1.54. The van der Waals surface area contributed by atoms with Crippen molar-refractivity contribution in [3.8, 4) is 0 Å². The highest BCUT2D eigenvalue weighted by atomic mass is 16.2. The van der Waals surface area contributed by atoms with Gasteiger partial charge in [-0.05, 0) is 31.9 Å². The molecule has 0 unspecified atom stereocenters. The molecule has 0 atom stereocenters. The van der Waals surface area contributed by atoms with Gasteiger partial charge in [0.15, 0.2) is 0 Å². The lowest BCUT2D eigenvalue weighted by atomic mass is 10.2. The summed E-state index contributed by atoms with van der Waals surface area (Å²) in [6.07, 6.45) is 9.17. The van der Waals surface area contributed by atoms with Crippen molar-refractivity contribution in [2.75, 3.05) is 5.32 Å². The molecule has 126 valence electrons. The first-order valence-electron chi connectivity index (χ1n) is 8.16. The summed E-state index contributed by atoms with van der Waals surface area (Å²) in [7, 11) is 0. The Morgan fingerprint density at radius 2 is 2.04 bits per heavy atom. The van der Waals surface area contributed by atoms with Gasteiger partial charge in [0.1, 0.15) is 6.54 Å². The molecule has 2 heterocycles. The van der Waals surface area contributed by atoms with Crippen molar-refractivity contribution in [1.82, 2.24) is 20.1 Å². The van der Waals surface area contributed by atoms with E-state index in [-0.39, 0.29) is 18.4 Å². The van der Waals surface area contributed by atoms with Crippen LogP contribution in [0.25, 0.3) is 0 Å². The number of hydrogen-bond donors (Lipinski definition) is 2. The van der Waals surface area contributed by atoms with Crippen LogP contribution >= 0.6 is 0 Å². The highest BCUT2D eigenvalue weighted by Crippen LogP contribution is 2.17. The molecule has 0 aromatic carbocycles. The second-order valence-corrected chi connectivity index (χ2v) is 6.12. The van der Waals surface area contributed by atoms with Crippen molar-refractivity contribution in [2.24, 2.45) is 0 Å². The fraction of sp³-hybridized carbons (Fsp3) is 0.412. The minimum atomic E-state index is -0.252. The Morgan fingerprint density at radius 1 is 1.25 bits per heavy atom. The number of aromatic nitrogens is 3. The van der Waals surface area contributed by atoms with Gasteiger partial charge in [0.05, 0.1) is 17.4 Å². The minimum Gasteiger partial charge on any atom is -0.352 e. The van der Waals surface area contributed by atoms with Crippen molar-refractivity contribution in [1.29, 1.82) is 0 Å². The van der Waals surface area contributed by atoms with E-state index in [4.69, 9.17) is 0 Å². The molecule has 1 aliphatic rings. The SMILES string of the molecule is Cc1ccc(C(=O)Nc2cnn(CC(=O)NC3CCCC3)c2)cn1. The van der Waals surface area contributed by atoms with Crippen LogP contribution in [0, 0.1) is 6.92 Å². The second-order valence-electron chi connectivity index (χ2n) is 6.12. The summed E-state index contributed by atoms with van der Waals surface area (Å²) in [6.45, 7) is 2.01. The summed E-state index contributed by atoms with van der Waals surface area (Å²) in [4.78, 5) is 28.2. The first kappa shape index (κ1) is 16.2. The summed E-state index contributed by atoms with van der Waals surface area (Å²) in [6, 6.07) is 3.80. The zero-order valence-electron chi connectivity index (χ0n) is 13.7. The fourth-order valence-corrected chi connectivity index (χ4v) is 2.81. The standard InChI is InChI=1S/C17H21N5O2/c1-12-6-7-13(8-18-12)17(24)21-15-9-19-22(10-15)11-16(23)20-14-4-2-3-5-14/h6-10,14H,2-5,11H2,1H3,(H,20,23)(H,21,24). The van der Waals surface area contributed by atoms with Crippen molar-refractivity contribution in [2.45, 2.75) is 45.2 Å². The molecule has 7 heteroatoms. The highest BCUT2D eigenvalue weighted by molar-refractivity contribution is 6.03. The van der Waals surface area contributed by atoms with E-state index in [9.17, 15) is 9.59 Å². The van der Waals surface area contributed by atoms with Crippen molar-refractivity contribution in [3.63, 3.8) is 0 Å². The molecule has 24 heavy (non-hydrogen) atoms.